The van der Waals surface area contributed by atoms with Gasteiger partial charge in [0.25, 0.3) is 0 Å². The molecule has 0 aliphatic carbocycles. The van der Waals surface area contributed by atoms with E-state index in [1.54, 1.807) is 28.4 Å². The summed E-state index contributed by atoms with van der Waals surface area (Å²) in [6.45, 7) is 2.98. The molecule has 0 fully saturated rings. The zero-order valence-corrected chi connectivity index (χ0v) is 17.7. The molecule has 0 aromatic heterocycles. The highest BCUT2D eigenvalue weighted by Gasteiger charge is 2.39. The summed E-state index contributed by atoms with van der Waals surface area (Å²) in [5.41, 5.74) is 5.67. The van der Waals surface area contributed by atoms with E-state index in [1.807, 2.05) is 6.07 Å². The fourth-order valence-corrected chi connectivity index (χ4v) is 4.94. The van der Waals surface area contributed by atoms with Gasteiger partial charge in [0.2, 0.25) is 0 Å². The maximum absolute atomic E-state index is 10.1. The molecule has 2 aromatic rings. The van der Waals surface area contributed by atoms with Gasteiger partial charge < -0.3 is 24.1 Å². The number of nitrogens with zero attached hydrogens (tertiary/aromatic N) is 1. The molecule has 0 radical (unpaired) electrons. The molecule has 0 bridgehead atoms. The van der Waals surface area contributed by atoms with Gasteiger partial charge in [-0.2, -0.15) is 0 Å². The maximum atomic E-state index is 10.1. The van der Waals surface area contributed by atoms with Crippen LogP contribution in [0.1, 0.15) is 40.8 Å². The molecule has 2 aromatic carbocycles. The minimum atomic E-state index is -0.0590. The summed E-state index contributed by atoms with van der Waals surface area (Å²) < 4.78 is 22.3. The van der Waals surface area contributed by atoms with E-state index >= 15 is 0 Å². The minimum Gasteiger partial charge on any atom is -0.496 e. The van der Waals surface area contributed by atoms with Crippen molar-refractivity contribution in [3.63, 3.8) is 0 Å². The predicted molar refractivity (Wildman–Crippen MR) is 110 cm³/mol. The van der Waals surface area contributed by atoms with Crippen molar-refractivity contribution in [1.29, 1.82) is 0 Å². The number of ether oxygens (including phenoxy) is 4. The molecule has 6 nitrogen and oxygen atoms in total. The van der Waals surface area contributed by atoms with Crippen LogP contribution in [0.3, 0.4) is 0 Å². The van der Waals surface area contributed by atoms with Gasteiger partial charge in [-0.1, -0.05) is 0 Å². The SMILES string of the molecule is COc1cc2c(cc1OC)C1Cc3c(CO)c(OC)cc(OC)c3CN1[C@@H](C)C2. The molecule has 0 saturated heterocycles. The Morgan fingerprint density at radius 3 is 2.14 bits per heavy atom. The highest BCUT2D eigenvalue weighted by molar-refractivity contribution is 5.56. The molecule has 0 saturated carbocycles. The predicted octanol–water partition coefficient (Wildman–Crippen LogP) is 3.26. The number of hydrogen-bond donors (Lipinski definition) is 1. The summed E-state index contributed by atoms with van der Waals surface area (Å²) >= 11 is 0. The minimum absolute atomic E-state index is 0.0590. The third-order valence-corrected chi connectivity index (χ3v) is 6.41. The van der Waals surface area contributed by atoms with Crippen LogP contribution in [0.4, 0.5) is 0 Å². The molecule has 2 aliphatic heterocycles. The average molecular weight is 399 g/mol. The Morgan fingerprint density at radius 2 is 1.52 bits per heavy atom. The van der Waals surface area contributed by atoms with Crippen molar-refractivity contribution in [3.8, 4) is 23.0 Å². The summed E-state index contributed by atoms with van der Waals surface area (Å²) in [6.07, 6.45) is 1.73. The lowest BCUT2D eigenvalue weighted by Crippen LogP contribution is -2.45. The van der Waals surface area contributed by atoms with Gasteiger partial charge >= 0.3 is 0 Å². The van der Waals surface area contributed by atoms with Gasteiger partial charge in [0.15, 0.2) is 11.5 Å². The van der Waals surface area contributed by atoms with Gasteiger partial charge in [-0.3, -0.25) is 4.90 Å². The van der Waals surface area contributed by atoms with Gasteiger partial charge in [-0.25, -0.2) is 0 Å². The van der Waals surface area contributed by atoms with Crippen molar-refractivity contribution < 1.29 is 24.1 Å². The molecule has 6 heteroatoms. The van der Waals surface area contributed by atoms with Crippen LogP contribution in [0.5, 0.6) is 23.0 Å². The monoisotopic (exact) mass is 399 g/mol. The smallest absolute Gasteiger partial charge is 0.161 e. The van der Waals surface area contributed by atoms with E-state index < -0.39 is 0 Å². The second-order valence-electron chi connectivity index (χ2n) is 7.73. The Labute approximate surface area is 171 Å². The lowest BCUT2D eigenvalue weighted by atomic mass is 9.79. The quantitative estimate of drug-likeness (QED) is 0.833. The van der Waals surface area contributed by atoms with Crippen molar-refractivity contribution in [3.05, 3.63) is 46.0 Å². The summed E-state index contributed by atoms with van der Waals surface area (Å²) in [5, 5.41) is 10.1. The molecular formula is C23H29NO5. The van der Waals surface area contributed by atoms with Crippen LogP contribution < -0.4 is 18.9 Å². The molecule has 0 spiro atoms. The Balaban J connectivity index is 1.87. The first-order valence-electron chi connectivity index (χ1n) is 9.93. The van der Waals surface area contributed by atoms with Crippen molar-refractivity contribution in [1.82, 2.24) is 4.90 Å². The third-order valence-electron chi connectivity index (χ3n) is 6.41. The van der Waals surface area contributed by atoms with E-state index in [-0.39, 0.29) is 12.6 Å². The van der Waals surface area contributed by atoms with E-state index in [2.05, 4.69) is 24.0 Å². The molecule has 2 atom stereocenters. The number of hydrogen-bond acceptors (Lipinski definition) is 6. The molecule has 2 heterocycles. The van der Waals surface area contributed by atoms with Crippen LogP contribution >= 0.6 is 0 Å². The lowest BCUT2D eigenvalue weighted by Gasteiger charge is -2.46. The molecule has 1 unspecified atom stereocenters. The molecule has 0 amide bonds. The second kappa shape index (κ2) is 7.76. The van der Waals surface area contributed by atoms with Crippen molar-refractivity contribution in [2.75, 3.05) is 28.4 Å². The molecule has 4 rings (SSSR count). The highest BCUT2D eigenvalue weighted by Crippen LogP contribution is 2.47. The van der Waals surface area contributed by atoms with Crippen LogP contribution in [0.15, 0.2) is 18.2 Å². The topological polar surface area (TPSA) is 60.4 Å². The van der Waals surface area contributed by atoms with Crippen molar-refractivity contribution in [2.45, 2.75) is 45.0 Å². The van der Waals surface area contributed by atoms with Crippen LogP contribution in [0, 0.1) is 0 Å². The van der Waals surface area contributed by atoms with Crippen LogP contribution in [-0.2, 0) is 26.0 Å². The number of methoxy groups -OCH3 is 4. The third kappa shape index (κ3) is 3.11. The van der Waals surface area contributed by atoms with Crippen LogP contribution in [0.2, 0.25) is 0 Å². The number of rotatable bonds is 5. The Morgan fingerprint density at radius 1 is 0.862 bits per heavy atom. The Bertz CT molecular complexity index is 926. The van der Waals surface area contributed by atoms with E-state index in [0.717, 1.165) is 53.3 Å². The standard InChI is InChI=1S/C23H29NO5/c1-13-6-14-7-22(28-4)23(29-5)9-15(14)19-8-16-17(11-24(13)19)20(26-2)10-21(27-3)18(16)12-25/h7,9-10,13,19,25H,6,8,11-12H2,1-5H3/t13-,19?/m0/s1. The number of aliphatic hydroxyl groups excluding tert-OH is 1. The zero-order chi connectivity index (χ0) is 20.7. The molecular weight excluding hydrogens is 370 g/mol. The molecule has 1 N–H and O–H groups in total. The van der Waals surface area contributed by atoms with Gasteiger partial charge in [0, 0.05) is 35.8 Å². The largest absolute Gasteiger partial charge is 0.496 e. The highest BCUT2D eigenvalue weighted by atomic mass is 16.5. The fraction of sp³-hybridized carbons (Fsp3) is 0.478. The normalized spacial score (nSPS) is 20.3. The van der Waals surface area contributed by atoms with Crippen molar-refractivity contribution >= 4 is 0 Å². The summed E-state index contributed by atoms with van der Waals surface area (Å²) in [4.78, 5) is 2.52. The summed E-state index contributed by atoms with van der Waals surface area (Å²) in [5.74, 6) is 3.01. The molecule has 29 heavy (non-hydrogen) atoms. The number of benzene rings is 2. The maximum Gasteiger partial charge on any atom is 0.161 e. The lowest BCUT2D eigenvalue weighted by molar-refractivity contribution is 0.103. The molecule has 2 aliphatic rings. The molecule has 156 valence electrons. The zero-order valence-electron chi connectivity index (χ0n) is 17.7. The summed E-state index contributed by atoms with van der Waals surface area (Å²) in [7, 11) is 6.66. The van der Waals surface area contributed by atoms with E-state index in [4.69, 9.17) is 18.9 Å². The average Bonchev–Trinajstić information content (AvgIpc) is 2.76. The van der Waals surface area contributed by atoms with Crippen LogP contribution in [-0.4, -0.2) is 44.5 Å². The second-order valence-corrected chi connectivity index (χ2v) is 7.73. The van der Waals surface area contributed by atoms with E-state index in [1.165, 1.54) is 11.1 Å². The first-order valence-corrected chi connectivity index (χ1v) is 9.93. The van der Waals surface area contributed by atoms with Crippen molar-refractivity contribution in [2.24, 2.45) is 0 Å². The number of fused-ring (bicyclic) bond motifs is 4. The Kier molecular flexibility index (Phi) is 5.32. The first kappa shape index (κ1) is 19.9. The Hall–Kier alpha value is -2.44. The van der Waals surface area contributed by atoms with Gasteiger partial charge in [-0.15, -0.1) is 0 Å². The summed E-state index contributed by atoms with van der Waals surface area (Å²) in [6, 6.07) is 6.68. The van der Waals surface area contributed by atoms with E-state index in [9.17, 15) is 5.11 Å². The van der Waals surface area contributed by atoms with Crippen LogP contribution in [0.25, 0.3) is 0 Å². The first-order chi connectivity index (χ1) is 14.1. The van der Waals surface area contributed by atoms with Gasteiger partial charge in [0.1, 0.15) is 11.5 Å². The fourth-order valence-electron chi connectivity index (χ4n) is 4.94. The van der Waals surface area contributed by atoms with E-state index in [0.29, 0.717) is 11.8 Å². The van der Waals surface area contributed by atoms with Gasteiger partial charge in [-0.05, 0) is 48.6 Å². The van der Waals surface area contributed by atoms with Gasteiger partial charge in [0.05, 0.1) is 35.0 Å². The number of aliphatic hydroxyl groups is 1.